The molecule has 5 nitrogen and oxygen atoms in total. The highest BCUT2D eigenvalue weighted by Gasteiger charge is 2.41. The molecule has 28 heavy (non-hydrogen) atoms. The number of thiocarbonyl (C=S) groups is 1. The van der Waals surface area contributed by atoms with Gasteiger partial charge in [0.25, 0.3) is 0 Å². The standard InChI is InChI=1S/C21H20FN3O2S/c1-26-13-12-25-20(19(24-21(25)28)16-4-2-3-11-23-16)18-10-9-17(27-18)14-5-7-15(22)8-6-14/h2-11,19-20H,12-13H2,1H3,(H,24,28). The molecular formula is C21H20FN3O2S. The number of benzene rings is 1. The summed E-state index contributed by atoms with van der Waals surface area (Å²) < 4.78 is 24.6. The molecule has 7 heteroatoms. The lowest BCUT2D eigenvalue weighted by molar-refractivity contribution is 0.158. The van der Waals surface area contributed by atoms with E-state index < -0.39 is 0 Å². The fourth-order valence-corrected chi connectivity index (χ4v) is 3.76. The number of halogens is 1. The van der Waals surface area contributed by atoms with Crippen LogP contribution >= 0.6 is 12.2 Å². The molecule has 1 fully saturated rings. The van der Waals surface area contributed by atoms with Gasteiger partial charge in [-0.05, 0) is 60.7 Å². The summed E-state index contributed by atoms with van der Waals surface area (Å²) in [6, 6.07) is 15.6. The van der Waals surface area contributed by atoms with Gasteiger partial charge in [-0.15, -0.1) is 0 Å². The van der Waals surface area contributed by atoms with Crippen LogP contribution in [0.1, 0.15) is 23.5 Å². The topological polar surface area (TPSA) is 50.5 Å². The molecule has 3 aromatic rings. The Bertz CT molecular complexity index is 946. The van der Waals surface area contributed by atoms with Crippen molar-refractivity contribution in [2.24, 2.45) is 0 Å². The van der Waals surface area contributed by atoms with E-state index in [4.69, 9.17) is 21.4 Å². The third-order valence-corrected chi connectivity index (χ3v) is 5.13. The zero-order valence-corrected chi connectivity index (χ0v) is 16.2. The van der Waals surface area contributed by atoms with Gasteiger partial charge in [-0.2, -0.15) is 0 Å². The zero-order chi connectivity index (χ0) is 19.5. The lowest BCUT2D eigenvalue weighted by Crippen LogP contribution is -2.32. The van der Waals surface area contributed by atoms with Crippen LogP contribution in [0.3, 0.4) is 0 Å². The van der Waals surface area contributed by atoms with Gasteiger partial charge in [-0.3, -0.25) is 4.98 Å². The SMILES string of the molecule is COCCN1C(=S)NC(c2ccccn2)C1c1ccc(-c2ccc(F)cc2)o1. The van der Waals surface area contributed by atoms with Crippen LogP contribution in [0, 0.1) is 5.82 Å². The molecular weight excluding hydrogens is 377 g/mol. The van der Waals surface area contributed by atoms with E-state index in [1.807, 2.05) is 30.3 Å². The first-order valence-electron chi connectivity index (χ1n) is 9.00. The van der Waals surface area contributed by atoms with Crippen LogP contribution in [-0.2, 0) is 4.74 Å². The first kappa shape index (κ1) is 18.6. The number of furan rings is 1. The number of nitrogens with zero attached hydrogens (tertiary/aromatic N) is 2. The van der Waals surface area contributed by atoms with E-state index in [0.717, 1.165) is 17.0 Å². The van der Waals surface area contributed by atoms with E-state index in [-0.39, 0.29) is 17.9 Å². The molecule has 0 radical (unpaired) electrons. The summed E-state index contributed by atoms with van der Waals surface area (Å²) in [6.07, 6.45) is 1.76. The third kappa shape index (κ3) is 3.63. The molecule has 144 valence electrons. The van der Waals surface area contributed by atoms with E-state index in [1.54, 1.807) is 25.4 Å². The number of aromatic nitrogens is 1. The number of hydrogen-bond donors (Lipinski definition) is 1. The van der Waals surface area contributed by atoms with Crippen LogP contribution in [0.25, 0.3) is 11.3 Å². The predicted octanol–water partition coefficient (Wildman–Crippen LogP) is 4.10. The number of hydrogen-bond acceptors (Lipinski definition) is 4. The highest BCUT2D eigenvalue weighted by Crippen LogP contribution is 2.40. The lowest BCUT2D eigenvalue weighted by atomic mass is 10.0. The van der Waals surface area contributed by atoms with Crippen LogP contribution in [0.2, 0.25) is 0 Å². The largest absolute Gasteiger partial charge is 0.459 e. The highest BCUT2D eigenvalue weighted by atomic mass is 32.1. The van der Waals surface area contributed by atoms with Crippen molar-refractivity contribution in [2.45, 2.75) is 12.1 Å². The van der Waals surface area contributed by atoms with E-state index in [9.17, 15) is 4.39 Å². The maximum absolute atomic E-state index is 13.2. The number of ether oxygens (including phenoxy) is 1. The first-order valence-corrected chi connectivity index (χ1v) is 9.41. The summed E-state index contributed by atoms with van der Waals surface area (Å²) in [5, 5.41) is 4.00. The van der Waals surface area contributed by atoms with Crippen LogP contribution in [0.5, 0.6) is 0 Å². The van der Waals surface area contributed by atoms with Gasteiger partial charge in [0.05, 0.1) is 18.3 Å². The first-order chi connectivity index (χ1) is 13.7. The third-order valence-electron chi connectivity index (χ3n) is 4.78. The van der Waals surface area contributed by atoms with Crippen molar-refractivity contribution in [3.8, 4) is 11.3 Å². The fourth-order valence-electron chi connectivity index (χ4n) is 3.43. The monoisotopic (exact) mass is 397 g/mol. The van der Waals surface area contributed by atoms with Gasteiger partial charge in [0, 0.05) is 25.4 Å². The molecule has 2 unspecified atom stereocenters. The Hall–Kier alpha value is -2.77. The minimum atomic E-state index is -0.276. The van der Waals surface area contributed by atoms with Gasteiger partial charge >= 0.3 is 0 Å². The molecule has 1 N–H and O–H groups in total. The fraction of sp³-hybridized carbons (Fsp3) is 0.238. The average Bonchev–Trinajstić information content (AvgIpc) is 3.32. The molecule has 1 aliphatic rings. The molecule has 1 saturated heterocycles. The van der Waals surface area contributed by atoms with Crippen molar-refractivity contribution in [2.75, 3.05) is 20.3 Å². The molecule has 1 aliphatic heterocycles. The Balaban J connectivity index is 1.70. The van der Waals surface area contributed by atoms with Gasteiger partial charge in [-0.1, -0.05) is 6.07 Å². The quantitative estimate of drug-likeness (QED) is 0.632. The number of rotatable bonds is 6. The smallest absolute Gasteiger partial charge is 0.170 e. The van der Waals surface area contributed by atoms with Gasteiger partial charge in [0.2, 0.25) is 0 Å². The summed E-state index contributed by atoms with van der Waals surface area (Å²) in [4.78, 5) is 6.56. The van der Waals surface area contributed by atoms with Crippen LogP contribution in [0.15, 0.2) is 65.2 Å². The minimum Gasteiger partial charge on any atom is -0.459 e. The maximum atomic E-state index is 13.2. The van der Waals surface area contributed by atoms with E-state index >= 15 is 0 Å². The second kappa shape index (κ2) is 8.08. The highest BCUT2D eigenvalue weighted by molar-refractivity contribution is 7.80. The number of pyridine rings is 1. The normalized spacial score (nSPS) is 19.1. The molecule has 2 atom stereocenters. The summed E-state index contributed by atoms with van der Waals surface area (Å²) >= 11 is 5.57. The Labute approximate surface area is 168 Å². The van der Waals surface area contributed by atoms with Crippen LogP contribution in [-0.4, -0.2) is 35.3 Å². The molecule has 2 aromatic heterocycles. The predicted molar refractivity (Wildman–Crippen MR) is 108 cm³/mol. The van der Waals surface area contributed by atoms with E-state index in [0.29, 0.717) is 24.0 Å². The molecule has 0 amide bonds. The Morgan fingerprint density at radius 3 is 2.71 bits per heavy atom. The van der Waals surface area contributed by atoms with Crippen molar-refractivity contribution in [3.63, 3.8) is 0 Å². The Kier molecular flexibility index (Phi) is 5.36. The van der Waals surface area contributed by atoms with Gasteiger partial charge < -0.3 is 19.4 Å². The Morgan fingerprint density at radius 2 is 2.00 bits per heavy atom. The summed E-state index contributed by atoms with van der Waals surface area (Å²) in [7, 11) is 1.66. The van der Waals surface area contributed by atoms with Crippen molar-refractivity contribution < 1.29 is 13.5 Å². The molecule has 3 heterocycles. The second-order valence-corrected chi connectivity index (χ2v) is 6.91. The molecule has 0 saturated carbocycles. The van der Waals surface area contributed by atoms with E-state index in [2.05, 4.69) is 15.2 Å². The van der Waals surface area contributed by atoms with Gasteiger partial charge in [0.1, 0.15) is 23.4 Å². The summed E-state index contributed by atoms with van der Waals surface area (Å²) in [5.41, 5.74) is 1.70. The Morgan fingerprint density at radius 1 is 1.18 bits per heavy atom. The zero-order valence-electron chi connectivity index (χ0n) is 15.3. The maximum Gasteiger partial charge on any atom is 0.170 e. The average molecular weight is 397 g/mol. The second-order valence-electron chi connectivity index (χ2n) is 6.52. The van der Waals surface area contributed by atoms with Crippen molar-refractivity contribution >= 4 is 17.3 Å². The van der Waals surface area contributed by atoms with Crippen molar-refractivity contribution in [3.05, 3.63) is 78.1 Å². The number of methoxy groups -OCH3 is 1. The van der Waals surface area contributed by atoms with E-state index in [1.165, 1.54) is 12.1 Å². The summed E-state index contributed by atoms with van der Waals surface area (Å²) in [5.74, 6) is 1.17. The molecule has 0 spiro atoms. The van der Waals surface area contributed by atoms with Crippen molar-refractivity contribution in [1.29, 1.82) is 0 Å². The molecule has 4 rings (SSSR count). The van der Waals surface area contributed by atoms with Crippen molar-refractivity contribution in [1.82, 2.24) is 15.2 Å². The summed E-state index contributed by atoms with van der Waals surface area (Å²) in [6.45, 7) is 1.17. The number of nitrogens with one attached hydrogen (secondary N) is 1. The molecule has 0 aliphatic carbocycles. The van der Waals surface area contributed by atoms with Gasteiger partial charge in [0.15, 0.2) is 5.11 Å². The van der Waals surface area contributed by atoms with Gasteiger partial charge in [-0.25, -0.2) is 4.39 Å². The molecule has 1 aromatic carbocycles. The minimum absolute atomic E-state index is 0.141. The van der Waals surface area contributed by atoms with Crippen LogP contribution in [0.4, 0.5) is 4.39 Å². The van der Waals surface area contributed by atoms with Crippen LogP contribution < -0.4 is 5.32 Å². The lowest BCUT2D eigenvalue weighted by Gasteiger charge is -2.25. The molecule has 0 bridgehead atoms.